The zero-order chi connectivity index (χ0) is 21.2. The van der Waals surface area contributed by atoms with Gasteiger partial charge in [-0.1, -0.05) is 20.8 Å². The minimum Gasteiger partial charge on any atom is -0.477 e. The number of H-pyrrole nitrogens is 2. The first-order valence-electron chi connectivity index (χ1n) is 9.88. The Labute approximate surface area is 172 Å². The van der Waals surface area contributed by atoms with Crippen LogP contribution in [0, 0.1) is 5.41 Å². The van der Waals surface area contributed by atoms with Gasteiger partial charge in [0.1, 0.15) is 5.56 Å². The van der Waals surface area contributed by atoms with Crippen molar-refractivity contribution >= 4 is 16.9 Å². The molecular formula is C23H22N4O3. The summed E-state index contributed by atoms with van der Waals surface area (Å²) in [6, 6.07) is 7.50. The van der Waals surface area contributed by atoms with Crippen molar-refractivity contribution in [2.24, 2.45) is 5.41 Å². The summed E-state index contributed by atoms with van der Waals surface area (Å²) < 4.78 is 1.97. The zero-order valence-electron chi connectivity index (χ0n) is 17.0. The molecule has 1 aliphatic rings. The summed E-state index contributed by atoms with van der Waals surface area (Å²) in [5.74, 6) is -1.20. The molecule has 7 heteroatoms. The minimum atomic E-state index is -1.20. The summed E-state index contributed by atoms with van der Waals surface area (Å²) in [6.45, 7) is 6.40. The van der Waals surface area contributed by atoms with E-state index in [0.29, 0.717) is 0 Å². The van der Waals surface area contributed by atoms with Crippen LogP contribution in [0.1, 0.15) is 42.7 Å². The Bertz CT molecular complexity index is 1350. The monoisotopic (exact) mass is 402 g/mol. The number of aromatic amines is 2. The largest absolute Gasteiger partial charge is 0.477 e. The molecule has 0 bridgehead atoms. The summed E-state index contributed by atoms with van der Waals surface area (Å²) in [6.07, 6.45) is 5.87. The fourth-order valence-electron chi connectivity index (χ4n) is 4.56. The number of carbonyl (C=O) groups is 1. The molecule has 0 aliphatic carbocycles. The third-order valence-electron chi connectivity index (χ3n) is 6.06. The lowest BCUT2D eigenvalue weighted by Gasteiger charge is -2.39. The third-order valence-corrected chi connectivity index (χ3v) is 6.06. The van der Waals surface area contributed by atoms with Gasteiger partial charge in [0, 0.05) is 47.2 Å². The Balaban J connectivity index is 1.88. The number of hydrogen-bond acceptors (Lipinski definition) is 3. The van der Waals surface area contributed by atoms with E-state index >= 15 is 0 Å². The molecule has 0 spiro atoms. The van der Waals surface area contributed by atoms with Crippen molar-refractivity contribution in [3.63, 3.8) is 0 Å². The van der Waals surface area contributed by atoms with Crippen LogP contribution in [0.4, 0.5) is 0 Å². The van der Waals surface area contributed by atoms with E-state index in [1.807, 2.05) is 22.9 Å². The second-order valence-electron chi connectivity index (χ2n) is 8.92. The van der Waals surface area contributed by atoms with Crippen molar-refractivity contribution in [2.45, 2.75) is 33.2 Å². The van der Waals surface area contributed by atoms with E-state index in [1.165, 1.54) is 12.3 Å². The van der Waals surface area contributed by atoms with E-state index in [-0.39, 0.29) is 17.0 Å². The molecule has 0 saturated carbocycles. The Morgan fingerprint density at radius 3 is 2.70 bits per heavy atom. The molecule has 4 heterocycles. The van der Waals surface area contributed by atoms with Crippen LogP contribution in [-0.2, 0) is 6.42 Å². The molecule has 4 aromatic rings. The third kappa shape index (κ3) is 2.62. The number of nitrogens with zero attached hydrogens (tertiary/aromatic N) is 2. The number of hydrogen-bond donors (Lipinski definition) is 3. The molecule has 7 nitrogen and oxygen atoms in total. The van der Waals surface area contributed by atoms with E-state index in [9.17, 15) is 14.7 Å². The van der Waals surface area contributed by atoms with E-state index < -0.39 is 11.4 Å². The average molecular weight is 402 g/mol. The highest BCUT2D eigenvalue weighted by Gasteiger charge is 2.35. The van der Waals surface area contributed by atoms with Crippen LogP contribution in [0.15, 0.2) is 47.7 Å². The average Bonchev–Trinajstić information content (AvgIpc) is 3.37. The van der Waals surface area contributed by atoms with Crippen molar-refractivity contribution in [1.29, 1.82) is 0 Å². The summed E-state index contributed by atoms with van der Waals surface area (Å²) in [4.78, 5) is 27.6. The number of fused-ring (bicyclic) bond motifs is 5. The number of carboxylic acids is 1. The Hall–Kier alpha value is -3.61. The molecule has 3 aromatic heterocycles. The van der Waals surface area contributed by atoms with Crippen molar-refractivity contribution in [2.75, 3.05) is 0 Å². The molecule has 5 rings (SSSR count). The molecule has 0 amide bonds. The lowest BCUT2D eigenvalue weighted by molar-refractivity contribution is 0.0693. The number of carboxylic acid groups (broad SMARTS) is 1. The lowest BCUT2D eigenvalue weighted by Crippen LogP contribution is -2.33. The molecule has 1 atom stereocenters. The highest BCUT2D eigenvalue weighted by Crippen LogP contribution is 2.46. The van der Waals surface area contributed by atoms with Crippen LogP contribution >= 0.6 is 0 Å². The van der Waals surface area contributed by atoms with Gasteiger partial charge < -0.3 is 14.7 Å². The van der Waals surface area contributed by atoms with Crippen molar-refractivity contribution < 1.29 is 9.90 Å². The van der Waals surface area contributed by atoms with E-state index in [0.717, 1.165) is 45.4 Å². The van der Waals surface area contributed by atoms with Crippen molar-refractivity contribution in [3.8, 4) is 22.5 Å². The first kappa shape index (κ1) is 18.4. The molecule has 1 aliphatic heterocycles. The van der Waals surface area contributed by atoms with Crippen molar-refractivity contribution in [3.05, 3.63) is 64.2 Å². The molecular weight excluding hydrogens is 380 g/mol. The maximum Gasteiger partial charge on any atom is 0.341 e. The van der Waals surface area contributed by atoms with E-state index in [4.69, 9.17) is 0 Å². The van der Waals surface area contributed by atoms with Gasteiger partial charge in [-0.2, -0.15) is 5.10 Å². The zero-order valence-corrected chi connectivity index (χ0v) is 17.0. The van der Waals surface area contributed by atoms with Gasteiger partial charge in [-0.3, -0.25) is 9.89 Å². The number of rotatable bonds is 2. The Morgan fingerprint density at radius 2 is 2.03 bits per heavy atom. The molecule has 3 N–H and O–H groups in total. The fourth-order valence-corrected chi connectivity index (χ4v) is 4.56. The SMILES string of the molecule is CC(C)(C)[C@@H]1Cc2c(cc(-c3ccn[nH]3)c3cc[nH]c23)-c2cc(=O)c(C(=O)O)cn21. The number of pyridine rings is 1. The van der Waals surface area contributed by atoms with Crippen LogP contribution in [0.25, 0.3) is 33.4 Å². The number of aromatic carboxylic acids is 1. The molecule has 0 radical (unpaired) electrons. The second-order valence-corrected chi connectivity index (χ2v) is 8.92. The summed E-state index contributed by atoms with van der Waals surface area (Å²) in [5.41, 5.74) is 4.89. The highest BCUT2D eigenvalue weighted by atomic mass is 16.4. The van der Waals surface area contributed by atoms with Gasteiger partial charge in [0.15, 0.2) is 5.43 Å². The van der Waals surface area contributed by atoms with Crippen LogP contribution in [0.3, 0.4) is 0 Å². The predicted molar refractivity (Wildman–Crippen MR) is 115 cm³/mol. The van der Waals surface area contributed by atoms with E-state index in [1.54, 1.807) is 6.20 Å². The molecule has 0 saturated heterocycles. The van der Waals surface area contributed by atoms with Gasteiger partial charge in [-0.25, -0.2) is 4.79 Å². The smallest absolute Gasteiger partial charge is 0.341 e. The quantitative estimate of drug-likeness (QED) is 0.467. The number of nitrogens with one attached hydrogen (secondary N) is 2. The minimum absolute atomic E-state index is 0.00297. The predicted octanol–water partition coefficient (Wildman–Crippen LogP) is 4.23. The number of benzene rings is 1. The number of aromatic nitrogens is 4. The maximum atomic E-state index is 12.6. The van der Waals surface area contributed by atoms with Crippen LogP contribution < -0.4 is 5.43 Å². The van der Waals surface area contributed by atoms with Gasteiger partial charge in [0.05, 0.1) is 16.9 Å². The topological polar surface area (TPSA) is 104 Å². The second kappa shape index (κ2) is 6.19. The fraction of sp³-hybridized carbons (Fsp3) is 0.261. The van der Waals surface area contributed by atoms with Crippen LogP contribution in [0.2, 0.25) is 0 Å². The summed E-state index contributed by atoms with van der Waals surface area (Å²) in [5, 5.41) is 17.7. The summed E-state index contributed by atoms with van der Waals surface area (Å²) >= 11 is 0. The van der Waals surface area contributed by atoms with E-state index in [2.05, 4.69) is 42.0 Å². The van der Waals surface area contributed by atoms with Crippen LogP contribution in [-0.4, -0.2) is 30.8 Å². The highest BCUT2D eigenvalue weighted by molar-refractivity contribution is 6.01. The van der Waals surface area contributed by atoms with Gasteiger partial charge in [0.2, 0.25) is 0 Å². The van der Waals surface area contributed by atoms with Crippen LogP contribution in [0.5, 0.6) is 0 Å². The Morgan fingerprint density at radius 1 is 1.23 bits per heavy atom. The molecule has 0 fully saturated rings. The van der Waals surface area contributed by atoms with Gasteiger partial charge >= 0.3 is 5.97 Å². The lowest BCUT2D eigenvalue weighted by atomic mass is 9.78. The first-order chi connectivity index (χ1) is 14.3. The van der Waals surface area contributed by atoms with Crippen molar-refractivity contribution in [1.82, 2.24) is 19.7 Å². The molecule has 30 heavy (non-hydrogen) atoms. The Kier molecular flexibility index (Phi) is 3.80. The first-order valence-corrected chi connectivity index (χ1v) is 9.88. The summed E-state index contributed by atoms with van der Waals surface area (Å²) in [7, 11) is 0. The molecule has 0 unspecified atom stereocenters. The van der Waals surface area contributed by atoms with Gasteiger partial charge in [-0.15, -0.1) is 0 Å². The molecule has 1 aromatic carbocycles. The normalized spacial score (nSPS) is 15.8. The van der Waals surface area contributed by atoms with Gasteiger partial charge in [0.25, 0.3) is 0 Å². The molecule has 152 valence electrons. The standard InChI is InChI=1S/C23H22N4O3/c1-23(2,3)20-9-15-14(18-10-19(28)16(22(29)30)11-27(18)20)8-13(17-5-7-25-26-17)12-4-6-24-21(12)15/h4-8,10-11,20,24H,9H2,1-3H3,(H,25,26)(H,29,30)/t20-/m0/s1. The maximum absolute atomic E-state index is 12.6. The van der Waals surface area contributed by atoms with Gasteiger partial charge in [-0.05, 0) is 35.6 Å².